The van der Waals surface area contributed by atoms with Gasteiger partial charge in [-0.25, -0.2) is 9.97 Å². The van der Waals surface area contributed by atoms with Gasteiger partial charge in [-0.2, -0.15) is 0 Å². The quantitative estimate of drug-likeness (QED) is 0.170. The van der Waals surface area contributed by atoms with Gasteiger partial charge in [-0.3, -0.25) is 4.79 Å². The Hall–Kier alpha value is -3.52. The van der Waals surface area contributed by atoms with E-state index in [1.807, 2.05) is 54.6 Å². The van der Waals surface area contributed by atoms with Crippen molar-refractivity contribution in [3.05, 3.63) is 82.3 Å². The van der Waals surface area contributed by atoms with Gasteiger partial charge in [0.25, 0.3) is 5.56 Å². The van der Waals surface area contributed by atoms with Crippen molar-refractivity contribution in [3.8, 4) is 11.5 Å². The molecule has 4 rings (SSSR count). The van der Waals surface area contributed by atoms with E-state index in [1.165, 1.54) is 0 Å². The lowest BCUT2D eigenvalue weighted by Gasteiger charge is -2.24. The molecular formula is C27H30N4O3S. The predicted octanol–water partition coefficient (Wildman–Crippen LogP) is 5.43. The van der Waals surface area contributed by atoms with Crippen molar-refractivity contribution in [1.82, 2.24) is 15.0 Å². The van der Waals surface area contributed by atoms with Gasteiger partial charge in [-0.1, -0.05) is 37.6 Å². The van der Waals surface area contributed by atoms with Crippen LogP contribution in [0.5, 0.6) is 11.5 Å². The normalized spacial score (nSPS) is 10.9. The highest BCUT2D eigenvalue weighted by molar-refractivity contribution is 7.99. The van der Waals surface area contributed by atoms with Crippen molar-refractivity contribution in [1.29, 1.82) is 0 Å². The number of hydrogen-bond donors (Lipinski definition) is 1. The van der Waals surface area contributed by atoms with Crippen molar-refractivity contribution < 1.29 is 9.47 Å². The lowest BCUT2D eigenvalue weighted by Crippen LogP contribution is -2.25. The average Bonchev–Trinajstić information content (AvgIpc) is 2.89. The number of nitrogens with one attached hydrogen (secondary N) is 1. The molecule has 2 heterocycles. The van der Waals surface area contributed by atoms with Gasteiger partial charge in [0.1, 0.15) is 16.5 Å². The minimum absolute atomic E-state index is 0.162. The van der Waals surface area contributed by atoms with Gasteiger partial charge < -0.3 is 19.4 Å². The Kier molecular flexibility index (Phi) is 8.26. The third kappa shape index (κ3) is 6.14. The first-order valence-electron chi connectivity index (χ1n) is 11.6. The van der Waals surface area contributed by atoms with Gasteiger partial charge in [0.05, 0.1) is 25.1 Å². The summed E-state index contributed by atoms with van der Waals surface area (Å²) in [6.45, 7) is 3.36. The summed E-state index contributed by atoms with van der Waals surface area (Å²) in [5, 5.41) is 1.26. The van der Waals surface area contributed by atoms with Gasteiger partial charge in [0.2, 0.25) is 5.95 Å². The summed E-state index contributed by atoms with van der Waals surface area (Å²) in [6.07, 6.45) is 3.77. The number of unbranched alkanes of at least 4 members (excludes halogenated alkanes) is 1. The summed E-state index contributed by atoms with van der Waals surface area (Å²) in [6, 6.07) is 17.8. The lowest BCUT2D eigenvalue weighted by atomic mass is 10.1. The molecule has 7 nitrogen and oxygen atoms in total. The number of ether oxygens (including phenoxy) is 2. The highest BCUT2D eigenvalue weighted by Crippen LogP contribution is 2.28. The fraction of sp³-hybridized carbons (Fsp3) is 0.296. The Morgan fingerprint density at radius 1 is 0.886 bits per heavy atom. The van der Waals surface area contributed by atoms with Crippen LogP contribution in [0.4, 0.5) is 5.95 Å². The van der Waals surface area contributed by atoms with Crippen LogP contribution in [0.2, 0.25) is 0 Å². The molecular weight excluding hydrogens is 460 g/mol. The summed E-state index contributed by atoms with van der Waals surface area (Å²) in [7, 11) is 3.32. The number of thioether (sulfide) groups is 1. The zero-order valence-electron chi connectivity index (χ0n) is 20.3. The molecule has 8 heteroatoms. The number of aromatic amines is 1. The number of H-pyrrole nitrogens is 1. The van der Waals surface area contributed by atoms with Crippen LogP contribution in [0.25, 0.3) is 10.9 Å². The maximum Gasteiger partial charge on any atom is 0.260 e. The second-order valence-electron chi connectivity index (χ2n) is 8.15. The molecule has 0 atom stereocenters. The lowest BCUT2D eigenvalue weighted by molar-refractivity contribution is 0.414. The van der Waals surface area contributed by atoms with Crippen LogP contribution in [0, 0.1) is 0 Å². The Bertz CT molecular complexity index is 1260. The number of fused-ring (bicyclic) bond motifs is 1. The molecule has 4 aromatic rings. The maximum absolute atomic E-state index is 12.6. The Morgan fingerprint density at radius 2 is 1.49 bits per heavy atom. The summed E-state index contributed by atoms with van der Waals surface area (Å²) in [5.41, 5.74) is 2.69. The summed E-state index contributed by atoms with van der Waals surface area (Å²) in [5.74, 6) is 3.11. The summed E-state index contributed by atoms with van der Waals surface area (Å²) < 4.78 is 10.6. The summed E-state index contributed by atoms with van der Waals surface area (Å²) >= 11 is 1.61. The van der Waals surface area contributed by atoms with Crippen LogP contribution in [0.1, 0.15) is 30.9 Å². The number of pyridine rings is 1. The van der Waals surface area contributed by atoms with E-state index in [0.717, 1.165) is 46.2 Å². The minimum atomic E-state index is -0.162. The monoisotopic (exact) mass is 490 g/mol. The van der Waals surface area contributed by atoms with Crippen molar-refractivity contribution in [2.24, 2.45) is 0 Å². The second kappa shape index (κ2) is 11.8. The van der Waals surface area contributed by atoms with Gasteiger partial charge in [0.15, 0.2) is 0 Å². The van der Waals surface area contributed by atoms with Crippen molar-refractivity contribution in [2.45, 2.75) is 37.9 Å². The predicted molar refractivity (Wildman–Crippen MR) is 142 cm³/mol. The zero-order valence-corrected chi connectivity index (χ0v) is 21.1. The fourth-order valence-corrected chi connectivity index (χ4v) is 4.82. The molecule has 0 fully saturated rings. The molecule has 1 N–H and O–H groups in total. The number of methoxy groups -OCH3 is 2. The summed E-state index contributed by atoms with van der Waals surface area (Å²) in [4.78, 5) is 27.3. The zero-order chi connectivity index (χ0) is 24.6. The maximum atomic E-state index is 12.6. The topological polar surface area (TPSA) is 80.3 Å². The average molecular weight is 491 g/mol. The van der Waals surface area contributed by atoms with Crippen LogP contribution >= 0.6 is 11.8 Å². The van der Waals surface area contributed by atoms with Crippen LogP contribution in [-0.4, -0.2) is 34.9 Å². The van der Waals surface area contributed by atoms with Crippen molar-refractivity contribution >= 4 is 28.6 Å². The van der Waals surface area contributed by atoms with Crippen molar-refractivity contribution in [2.75, 3.05) is 24.9 Å². The second-order valence-corrected chi connectivity index (χ2v) is 9.23. The number of nitrogens with zero attached hydrogens (tertiary/aromatic N) is 3. The molecule has 0 amide bonds. The molecule has 0 saturated carbocycles. The highest BCUT2D eigenvalue weighted by atomic mass is 32.2. The Morgan fingerprint density at radius 3 is 2.03 bits per heavy atom. The smallest absolute Gasteiger partial charge is 0.260 e. The molecule has 0 unspecified atom stereocenters. The molecule has 0 aliphatic heterocycles. The Labute approximate surface area is 209 Å². The molecule has 182 valence electrons. The van der Waals surface area contributed by atoms with E-state index in [-0.39, 0.29) is 5.56 Å². The minimum Gasteiger partial charge on any atom is -0.497 e. The molecule has 2 aromatic heterocycles. The standard InChI is InChI=1S/C27H30N4O3S/c1-4-5-16-35-26-24-23(14-15-28-25(24)32)29-27(30-26)31(17-19-6-10-21(33-2)11-7-19)18-20-8-12-22(34-3)13-9-20/h6-15H,4-5,16-18H2,1-3H3,(H,28,32). The molecule has 2 aromatic carbocycles. The van der Waals surface area contributed by atoms with E-state index in [9.17, 15) is 4.79 Å². The molecule has 0 saturated heterocycles. The van der Waals surface area contributed by atoms with Gasteiger partial charge in [0, 0.05) is 19.3 Å². The van der Waals surface area contributed by atoms with E-state index >= 15 is 0 Å². The molecule has 0 bridgehead atoms. The number of hydrogen-bond acceptors (Lipinski definition) is 7. The number of rotatable bonds is 11. The van der Waals surface area contributed by atoms with E-state index in [1.54, 1.807) is 32.2 Å². The van der Waals surface area contributed by atoms with Gasteiger partial charge in [-0.05, 0) is 53.6 Å². The largest absolute Gasteiger partial charge is 0.497 e. The van der Waals surface area contributed by atoms with E-state index in [4.69, 9.17) is 19.4 Å². The third-order valence-electron chi connectivity index (χ3n) is 5.66. The SMILES string of the molecule is CCCCSc1nc(N(Cc2ccc(OC)cc2)Cc2ccc(OC)cc2)nc2cc[nH]c(=O)c12. The van der Waals surface area contributed by atoms with E-state index < -0.39 is 0 Å². The first-order chi connectivity index (χ1) is 17.1. The fourth-order valence-electron chi connectivity index (χ4n) is 3.71. The van der Waals surface area contributed by atoms with Crippen LogP contribution < -0.4 is 19.9 Å². The molecule has 0 aliphatic carbocycles. The van der Waals surface area contributed by atoms with Crippen LogP contribution in [-0.2, 0) is 13.1 Å². The van der Waals surface area contributed by atoms with Crippen molar-refractivity contribution in [3.63, 3.8) is 0 Å². The molecule has 0 spiro atoms. The van der Waals surface area contributed by atoms with Crippen LogP contribution in [0.3, 0.4) is 0 Å². The number of benzene rings is 2. The molecule has 0 aliphatic rings. The van der Waals surface area contributed by atoms with Crippen LogP contribution in [0.15, 0.2) is 70.6 Å². The van der Waals surface area contributed by atoms with Gasteiger partial charge >= 0.3 is 0 Å². The Balaban J connectivity index is 1.75. The highest BCUT2D eigenvalue weighted by Gasteiger charge is 2.17. The third-order valence-corrected chi connectivity index (χ3v) is 6.72. The first-order valence-corrected chi connectivity index (χ1v) is 12.6. The number of aromatic nitrogens is 3. The number of anilines is 1. The van der Waals surface area contributed by atoms with E-state index in [2.05, 4.69) is 16.8 Å². The molecule has 35 heavy (non-hydrogen) atoms. The first kappa shape index (κ1) is 24.6. The molecule has 0 radical (unpaired) electrons. The van der Waals surface area contributed by atoms with Gasteiger partial charge in [-0.15, -0.1) is 11.8 Å². The van der Waals surface area contributed by atoms with E-state index in [0.29, 0.717) is 29.9 Å².